The first-order chi connectivity index (χ1) is 7.85. The van der Waals surface area contributed by atoms with Gasteiger partial charge < -0.3 is 10.2 Å². The number of hydrogen-bond acceptors (Lipinski definition) is 4. The Kier molecular flexibility index (Phi) is 3.72. The van der Waals surface area contributed by atoms with Crippen molar-refractivity contribution in [1.82, 2.24) is 15.3 Å². The smallest absolute Gasteiger partial charge is 0.147 e. The summed E-state index contributed by atoms with van der Waals surface area (Å²) in [4.78, 5) is 11.3. The predicted octanol–water partition coefficient (Wildman–Crippen LogP) is 1.57. The highest BCUT2D eigenvalue weighted by Gasteiger charge is 2.29. The molecule has 1 aliphatic rings. The van der Waals surface area contributed by atoms with E-state index in [1.54, 1.807) is 0 Å². The summed E-state index contributed by atoms with van der Waals surface area (Å²) in [7, 11) is 1.92. The monoisotopic (exact) mass is 220 g/mol. The van der Waals surface area contributed by atoms with E-state index in [9.17, 15) is 0 Å². The molecule has 0 saturated heterocycles. The van der Waals surface area contributed by atoms with Gasteiger partial charge in [0, 0.05) is 19.1 Å². The van der Waals surface area contributed by atoms with Crippen molar-refractivity contribution < 1.29 is 0 Å². The van der Waals surface area contributed by atoms with Gasteiger partial charge in [0.15, 0.2) is 0 Å². The van der Waals surface area contributed by atoms with Gasteiger partial charge in [-0.05, 0) is 26.3 Å². The third-order valence-corrected chi connectivity index (χ3v) is 2.80. The van der Waals surface area contributed by atoms with E-state index in [1.807, 2.05) is 19.4 Å². The van der Waals surface area contributed by atoms with Crippen LogP contribution < -0.4 is 10.2 Å². The second-order valence-electron chi connectivity index (χ2n) is 4.32. The first-order valence-corrected chi connectivity index (χ1v) is 6.07. The van der Waals surface area contributed by atoms with Gasteiger partial charge in [0.25, 0.3) is 0 Å². The number of nitrogens with one attached hydrogen (secondary N) is 1. The zero-order valence-electron chi connectivity index (χ0n) is 10.1. The number of rotatable bonds is 6. The lowest BCUT2D eigenvalue weighted by molar-refractivity contribution is 0.737. The summed E-state index contributed by atoms with van der Waals surface area (Å²) in [5.41, 5.74) is 0.999. The molecule has 88 valence electrons. The fourth-order valence-electron chi connectivity index (χ4n) is 1.88. The Morgan fingerprint density at radius 3 is 2.69 bits per heavy atom. The van der Waals surface area contributed by atoms with E-state index in [4.69, 9.17) is 0 Å². The van der Waals surface area contributed by atoms with Crippen molar-refractivity contribution in [2.45, 2.75) is 38.8 Å². The molecule has 0 radical (unpaired) electrons. The standard InChI is InChI=1S/C12H20N4/c1-3-6-16(11-4-5-11)12-9-14-10(7-13-2)8-15-12/h8-9,11,13H,3-7H2,1-2H3. The van der Waals surface area contributed by atoms with Gasteiger partial charge >= 0.3 is 0 Å². The van der Waals surface area contributed by atoms with Gasteiger partial charge in [0.1, 0.15) is 5.82 Å². The van der Waals surface area contributed by atoms with Crippen LogP contribution >= 0.6 is 0 Å². The lowest BCUT2D eigenvalue weighted by Crippen LogP contribution is -2.27. The summed E-state index contributed by atoms with van der Waals surface area (Å²) >= 11 is 0. The lowest BCUT2D eigenvalue weighted by atomic mass is 10.3. The molecule has 1 fully saturated rings. The minimum absolute atomic E-state index is 0.712. The van der Waals surface area contributed by atoms with Crippen molar-refractivity contribution in [3.63, 3.8) is 0 Å². The zero-order valence-corrected chi connectivity index (χ0v) is 10.1. The highest BCUT2D eigenvalue weighted by atomic mass is 15.2. The summed E-state index contributed by atoms with van der Waals surface area (Å²) in [5.74, 6) is 1.03. The van der Waals surface area contributed by atoms with Crippen LogP contribution in [0.15, 0.2) is 12.4 Å². The van der Waals surface area contributed by atoms with E-state index in [2.05, 4.69) is 27.1 Å². The molecule has 0 aromatic carbocycles. The minimum atomic E-state index is 0.712. The maximum Gasteiger partial charge on any atom is 0.147 e. The summed E-state index contributed by atoms with van der Waals surface area (Å²) in [6, 6.07) is 0.712. The highest BCUT2D eigenvalue weighted by Crippen LogP contribution is 2.30. The van der Waals surface area contributed by atoms with Crippen LogP contribution in [0.3, 0.4) is 0 Å². The normalized spacial score (nSPS) is 15.1. The quantitative estimate of drug-likeness (QED) is 0.790. The SMILES string of the molecule is CCCN(c1cnc(CNC)cn1)C1CC1. The average Bonchev–Trinajstić information content (AvgIpc) is 3.12. The largest absolute Gasteiger partial charge is 0.352 e. The Labute approximate surface area is 97.1 Å². The molecule has 1 heterocycles. The second kappa shape index (κ2) is 5.25. The van der Waals surface area contributed by atoms with E-state index in [0.717, 1.165) is 31.0 Å². The molecule has 0 unspecified atom stereocenters. The van der Waals surface area contributed by atoms with Gasteiger partial charge in [-0.15, -0.1) is 0 Å². The molecule has 4 heteroatoms. The molecule has 4 nitrogen and oxygen atoms in total. The predicted molar refractivity (Wildman–Crippen MR) is 65.5 cm³/mol. The molecule has 1 aliphatic carbocycles. The Hall–Kier alpha value is -1.16. The molecule has 0 amide bonds. The van der Waals surface area contributed by atoms with Crippen LogP contribution in [0.25, 0.3) is 0 Å². The maximum absolute atomic E-state index is 4.50. The van der Waals surface area contributed by atoms with Crippen LogP contribution in [0.1, 0.15) is 31.9 Å². The Morgan fingerprint density at radius 1 is 1.38 bits per heavy atom. The van der Waals surface area contributed by atoms with Crippen molar-refractivity contribution in [3.8, 4) is 0 Å². The molecule has 1 aromatic rings. The van der Waals surface area contributed by atoms with Crippen LogP contribution in [-0.4, -0.2) is 29.6 Å². The average molecular weight is 220 g/mol. The first kappa shape index (κ1) is 11.3. The molecule has 0 aliphatic heterocycles. The van der Waals surface area contributed by atoms with Crippen molar-refractivity contribution in [2.24, 2.45) is 0 Å². The summed E-state index contributed by atoms with van der Waals surface area (Å²) < 4.78 is 0. The van der Waals surface area contributed by atoms with E-state index in [0.29, 0.717) is 6.04 Å². The molecule has 0 atom stereocenters. The number of hydrogen-bond donors (Lipinski definition) is 1. The molecule has 1 saturated carbocycles. The van der Waals surface area contributed by atoms with Crippen molar-refractivity contribution in [1.29, 1.82) is 0 Å². The van der Waals surface area contributed by atoms with E-state index >= 15 is 0 Å². The molecule has 0 bridgehead atoms. The van der Waals surface area contributed by atoms with Crippen LogP contribution in [0.4, 0.5) is 5.82 Å². The fourth-order valence-corrected chi connectivity index (χ4v) is 1.88. The van der Waals surface area contributed by atoms with E-state index in [1.165, 1.54) is 12.8 Å². The van der Waals surface area contributed by atoms with Gasteiger partial charge in [-0.1, -0.05) is 6.92 Å². The van der Waals surface area contributed by atoms with Crippen LogP contribution in [0, 0.1) is 0 Å². The van der Waals surface area contributed by atoms with E-state index < -0.39 is 0 Å². The van der Waals surface area contributed by atoms with Gasteiger partial charge in [-0.2, -0.15) is 0 Å². The molecule has 0 spiro atoms. The van der Waals surface area contributed by atoms with Gasteiger partial charge in [0.05, 0.1) is 18.1 Å². The molecule has 1 N–H and O–H groups in total. The Morgan fingerprint density at radius 2 is 2.19 bits per heavy atom. The Balaban J connectivity index is 2.05. The Bertz CT molecular complexity index is 318. The third kappa shape index (κ3) is 2.70. The van der Waals surface area contributed by atoms with Crippen LogP contribution in [-0.2, 0) is 6.54 Å². The topological polar surface area (TPSA) is 41.1 Å². The number of anilines is 1. The van der Waals surface area contributed by atoms with Gasteiger partial charge in [-0.3, -0.25) is 4.98 Å². The molecule has 2 rings (SSSR count). The lowest BCUT2D eigenvalue weighted by Gasteiger charge is -2.22. The van der Waals surface area contributed by atoms with Crippen molar-refractivity contribution in [3.05, 3.63) is 18.1 Å². The number of nitrogens with zero attached hydrogens (tertiary/aromatic N) is 3. The minimum Gasteiger partial charge on any atom is -0.352 e. The van der Waals surface area contributed by atoms with Crippen molar-refractivity contribution in [2.75, 3.05) is 18.5 Å². The molecular weight excluding hydrogens is 200 g/mol. The van der Waals surface area contributed by atoms with E-state index in [-0.39, 0.29) is 0 Å². The second-order valence-corrected chi connectivity index (χ2v) is 4.32. The van der Waals surface area contributed by atoms with Crippen molar-refractivity contribution >= 4 is 5.82 Å². The highest BCUT2D eigenvalue weighted by molar-refractivity contribution is 5.39. The summed E-state index contributed by atoms with van der Waals surface area (Å²) in [6.07, 6.45) is 7.55. The number of aromatic nitrogens is 2. The molecular formula is C12H20N4. The first-order valence-electron chi connectivity index (χ1n) is 6.07. The molecule has 1 aromatic heterocycles. The zero-order chi connectivity index (χ0) is 11.4. The van der Waals surface area contributed by atoms with Crippen LogP contribution in [0.2, 0.25) is 0 Å². The summed E-state index contributed by atoms with van der Waals surface area (Å²) in [5, 5.41) is 3.08. The van der Waals surface area contributed by atoms with Gasteiger partial charge in [0.2, 0.25) is 0 Å². The summed E-state index contributed by atoms with van der Waals surface area (Å²) in [6.45, 7) is 4.08. The fraction of sp³-hybridized carbons (Fsp3) is 0.667. The van der Waals surface area contributed by atoms with Crippen LogP contribution in [0.5, 0.6) is 0 Å². The molecule has 16 heavy (non-hydrogen) atoms. The third-order valence-electron chi connectivity index (χ3n) is 2.80. The van der Waals surface area contributed by atoms with Gasteiger partial charge in [-0.25, -0.2) is 4.98 Å². The maximum atomic E-state index is 4.50.